The smallest absolute Gasteiger partial charge is 0.247 e. The summed E-state index contributed by atoms with van der Waals surface area (Å²) in [6.45, 7) is 0. The number of carbonyl (C=O) groups excluding carboxylic acids is 2. The van der Waals surface area contributed by atoms with E-state index >= 15 is 0 Å². The molecule has 1 aromatic rings. The summed E-state index contributed by atoms with van der Waals surface area (Å²) < 4.78 is 0. The molecule has 2 rings (SSSR count). The van der Waals surface area contributed by atoms with Crippen molar-refractivity contribution in [2.75, 3.05) is 17.7 Å². The van der Waals surface area contributed by atoms with Crippen molar-refractivity contribution in [3.05, 3.63) is 24.3 Å². The molecule has 0 unspecified atom stereocenters. The summed E-state index contributed by atoms with van der Waals surface area (Å²) in [5, 5.41) is 8.29. The summed E-state index contributed by atoms with van der Waals surface area (Å²) in [6, 6.07) is 6.90. The third-order valence-electron chi connectivity index (χ3n) is 2.50. The van der Waals surface area contributed by atoms with Gasteiger partial charge >= 0.3 is 0 Å². The molecular formula is C11H13N3O2. The van der Waals surface area contributed by atoms with E-state index in [1.54, 1.807) is 7.05 Å². The van der Waals surface area contributed by atoms with Gasteiger partial charge in [0.1, 0.15) is 6.04 Å². The van der Waals surface area contributed by atoms with Crippen molar-refractivity contribution >= 4 is 23.2 Å². The summed E-state index contributed by atoms with van der Waals surface area (Å²) in [4.78, 5) is 22.9. The predicted molar refractivity (Wildman–Crippen MR) is 61.2 cm³/mol. The normalized spacial score (nSPS) is 18.1. The fraction of sp³-hybridized carbons (Fsp3) is 0.273. The molecule has 1 atom stereocenters. The van der Waals surface area contributed by atoms with E-state index in [-0.39, 0.29) is 18.2 Å². The maximum Gasteiger partial charge on any atom is 0.247 e. The van der Waals surface area contributed by atoms with Gasteiger partial charge in [-0.1, -0.05) is 12.1 Å². The molecule has 1 heterocycles. The lowest BCUT2D eigenvalue weighted by molar-refractivity contribution is -0.124. The number of hydrogen-bond donors (Lipinski definition) is 3. The second-order valence-corrected chi connectivity index (χ2v) is 3.61. The Bertz CT molecular complexity index is 431. The van der Waals surface area contributed by atoms with Crippen LogP contribution in [0.5, 0.6) is 0 Å². The molecule has 5 nitrogen and oxygen atoms in total. The van der Waals surface area contributed by atoms with Crippen LogP contribution < -0.4 is 16.0 Å². The van der Waals surface area contributed by atoms with E-state index in [1.807, 2.05) is 24.3 Å². The molecule has 5 heteroatoms. The van der Waals surface area contributed by atoms with E-state index < -0.39 is 6.04 Å². The molecule has 0 spiro atoms. The lowest BCUT2D eigenvalue weighted by Gasteiger charge is -2.26. The summed E-state index contributed by atoms with van der Waals surface area (Å²) in [6.07, 6.45) is 0.136. The number of carbonyl (C=O) groups is 2. The van der Waals surface area contributed by atoms with Gasteiger partial charge in [0, 0.05) is 7.05 Å². The van der Waals surface area contributed by atoms with E-state index in [0.29, 0.717) is 0 Å². The zero-order chi connectivity index (χ0) is 11.5. The second-order valence-electron chi connectivity index (χ2n) is 3.61. The minimum absolute atomic E-state index is 0.136. The maximum absolute atomic E-state index is 11.7. The average molecular weight is 219 g/mol. The van der Waals surface area contributed by atoms with Gasteiger partial charge < -0.3 is 16.0 Å². The molecule has 0 bridgehead atoms. The van der Waals surface area contributed by atoms with Crippen LogP contribution >= 0.6 is 0 Å². The minimum atomic E-state index is -0.505. The van der Waals surface area contributed by atoms with Crippen LogP contribution in [-0.2, 0) is 9.59 Å². The molecule has 1 aliphatic rings. The van der Waals surface area contributed by atoms with Gasteiger partial charge in [-0.15, -0.1) is 0 Å². The lowest BCUT2D eigenvalue weighted by atomic mass is 10.1. The Morgan fingerprint density at radius 2 is 2.06 bits per heavy atom. The number of anilines is 2. The van der Waals surface area contributed by atoms with E-state index in [4.69, 9.17) is 0 Å². The first-order valence-corrected chi connectivity index (χ1v) is 5.07. The van der Waals surface area contributed by atoms with E-state index in [1.165, 1.54) is 0 Å². The highest BCUT2D eigenvalue weighted by Gasteiger charge is 2.26. The fourth-order valence-corrected chi connectivity index (χ4v) is 1.62. The number of benzene rings is 1. The first-order chi connectivity index (χ1) is 7.70. The topological polar surface area (TPSA) is 70.2 Å². The third kappa shape index (κ3) is 1.98. The molecular weight excluding hydrogens is 206 g/mol. The van der Waals surface area contributed by atoms with Gasteiger partial charge in [-0.25, -0.2) is 0 Å². The number of amides is 2. The first kappa shape index (κ1) is 10.5. The van der Waals surface area contributed by atoms with Crippen LogP contribution in [-0.4, -0.2) is 24.9 Å². The van der Waals surface area contributed by atoms with Crippen molar-refractivity contribution in [1.82, 2.24) is 5.32 Å². The maximum atomic E-state index is 11.7. The van der Waals surface area contributed by atoms with Crippen LogP contribution in [0.2, 0.25) is 0 Å². The summed E-state index contributed by atoms with van der Waals surface area (Å²) >= 11 is 0. The molecule has 0 aromatic heterocycles. The van der Waals surface area contributed by atoms with Crippen LogP contribution in [0.4, 0.5) is 11.4 Å². The van der Waals surface area contributed by atoms with Gasteiger partial charge in [-0.3, -0.25) is 9.59 Å². The molecule has 84 valence electrons. The Hall–Kier alpha value is -2.04. The molecule has 3 N–H and O–H groups in total. The number of hydrogen-bond acceptors (Lipinski definition) is 3. The van der Waals surface area contributed by atoms with Gasteiger partial charge in [0.05, 0.1) is 17.8 Å². The summed E-state index contributed by atoms with van der Waals surface area (Å²) in [7, 11) is 1.55. The van der Waals surface area contributed by atoms with E-state index in [0.717, 1.165) is 11.4 Å². The molecule has 0 saturated carbocycles. The molecule has 16 heavy (non-hydrogen) atoms. The van der Waals surface area contributed by atoms with Crippen LogP contribution in [0.3, 0.4) is 0 Å². The van der Waals surface area contributed by atoms with Gasteiger partial charge in [0.15, 0.2) is 0 Å². The zero-order valence-electron chi connectivity index (χ0n) is 8.91. The van der Waals surface area contributed by atoms with Crippen molar-refractivity contribution in [3.8, 4) is 0 Å². The van der Waals surface area contributed by atoms with Gasteiger partial charge in [0.2, 0.25) is 11.8 Å². The van der Waals surface area contributed by atoms with Crippen molar-refractivity contribution in [2.45, 2.75) is 12.5 Å². The third-order valence-corrected chi connectivity index (χ3v) is 2.50. The van der Waals surface area contributed by atoms with Crippen molar-refractivity contribution in [1.29, 1.82) is 0 Å². The lowest BCUT2D eigenvalue weighted by Crippen LogP contribution is -2.41. The molecule has 0 saturated heterocycles. The largest absolute Gasteiger partial charge is 0.372 e. The van der Waals surface area contributed by atoms with Crippen molar-refractivity contribution in [3.63, 3.8) is 0 Å². The molecule has 0 fully saturated rings. The monoisotopic (exact) mass is 219 g/mol. The minimum Gasteiger partial charge on any atom is -0.372 e. The molecule has 0 radical (unpaired) electrons. The quantitative estimate of drug-likeness (QED) is 0.680. The summed E-state index contributed by atoms with van der Waals surface area (Å²) in [5.41, 5.74) is 1.59. The summed E-state index contributed by atoms with van der Waals surface area (Å²) in [5.74, 6) is -0.339. The van der Waals surface area contributed by atoms with E-state index in [9.17, 15) is 9.59 Å². The van der Waals surface area contributed by atoms with Crippen LogP contribution in [0.1, 0.15) is 6.42 Å². The van der Waals surface area contributed by atoms with Gasteiger partial charge in [-0.05, 0) is 12.1 Å². The Balaban J connectivity index is 2.15. The van der Waals surface area contributed by atoms with Crippen LogP contribution in [0.15, 0.2) is 24.3 Å². The Labute approximate surface area is 93.2 Å². The van der Waals surface area contributed by atoms with Crippen LogP contribution in [0, 0.1) is 0 Å². The zero-order valence-corrected chi connectivity index (χ0v) is 8.91. The number of fused-ring (bicyclic) bond motifs is 1. The average Bonchev–Trinajstić information content (AvgIpc) is 2.30. The highest BCUT2D eigenvalue weighted by molar-refractivity contribution is 6.04. The second kappa shape index (κ2) is 4.22. The molecule has 1 aliphatic heterocycles. The van der Waals surface area contributed by atoms with Gasteiger partial charge in [0.25, 0.3) is 0 Å². The molecule has 1 aromatic carbocycles. The number of rotatable bonds is 2. The van der Waals surface area contributed by atoms with Crippen molar-refractivity contribution < 1.29 is 9.59 Å². The fourth-order valence-electron chi connectivity index (χ4n) is 1.62. The molecule has 0 aliphatic carbocycles. The standard InChI is InChI=1S/C11H13N3O2/c1-12-10(15)6-9-11(16)14-8-5-3-2-4-7(8)13-9/h2-5,9,13H,6H2,1H3,(H,12,15)(H,14,16)/t9-/m0/s1. The highest BCUT2D eigenvalue weighted by atomic mass is 16.2. The SMILES string of the molecule is CNC(=O)C[C@@H]1Nc2ccccc2NC1=O. The molecule has 2 amide bonds. The Morgan fingerprint density at radius 3 is 2.75 bits per heavy atom. The Morgan fingerprint density at radius 1 is 1.38 bits per heavy atom. The number of nitrogens with one attached hydrogen (secondary N) is 3. The van der Waals surface area contributed by atoms with Crippen LogP contribution in [0.25, 0.3) is 0 Å². The van der Waals surface area contributed by atoms with Gasteiger partial charge in [-0.2, -0.15) is 0 Å². The highest BCUT2D eigenvalue weighted by Crippen LogP contribution is 2.26. The Kier molecular flexibility index (Phi) is 2.76. The van der Waals surface area contributed by atoms with Crippen molar-refractivity contribution in [2.24, 2.45) is 0 Å². The number of para-hydroxylation sites is 2. The predicted octanol–water partition coefficient (Wildman–Crippen LogP) is 0.555. The first-order valence-electron chi connectivity index (χ1n) is 5.07. The van der Waals surface area contributed by atoms with E-state index in [2.05, 4.69) is 16.0 Å².